The summed E-state index contributed by atoms with van der Waals surface area (Å²) in [6.45, 7) is 4.96. The van der Waals surface area contributed by atoms with Crippen molar-refractivity contribution in [3.63, 3.8) is 0 Å². The van der Waals surface area contributed by atoms with Gasteiger partial charge in [0.1, 0.15) is 0 Å². The van der Waals surface area contributed by atoms with Crippen LogP contribution in [0.1, 0.15) is 15.9 Å². The minimum Gasteiger partial charge on any atom is -0.351 e. The van der Waals surface area contributed by atoms with Gasteiger partial charge in [0.2, 0.25) is 0 Å². The van der Waals surface area contributed by atoms with Gasteiger partial charge in [0.15, 0.2) is 0 Å². The lowest BCUT2D eigenvalue weighted by Gasteiger charge is -2.05. The highest BCUT2D eigenvalue weighted by Gasteiger charge is 2.04. The zero-order valence-electron chi connectivity index (χ0n) is 10.5. The Balaban J connectivity index is 2.34. The second-order valence-corrected chi connectivity index (χ2v) is 5.00. The van der Waals surface area contributed by atoms with E-state index in [4.69, 9.17) is 5.73 Å². The predicted molar refractivity (Wildman–Crippen MR) is 79.1 cm³/mol. The maximum absolute atomic E-state index is 11.8. The number of amides is 1. The van der Waals surface area contributed by atoms with Crippen LogP contribution in [0.5, 0.6) is 0 Å². The molecule has 1 aromatic rings. The Bertz CT molecular complexity index is 376. The Morgan fingerprint density at radius 3 is 2.72 bits per heavy atom. The third-order valence-corrected chi connectivity index (χ3v) is 3.38. The van der Waals surface area contributed by atoms with Crippen LogP contribution in [-0.4, -0.2) is 30.5 Å². The molecule has 0 aliphatic carbocycles. The van der Waals surface area contributed by atoms with Crippen LogP contribution in [0.15, 0.2) is 36.9 Å². The fraction of sp³-hybridized carbons (Fsp3) is 0.357. The van der Waals surface area contributed by atoms with Crippen LogP contribution < -0.4 is 11.1 Å². The van der Waals surface area contributed by atoms with E-state index in [1.165, 1.54) is 0 Å². The number of hydrogen-bond acceptors (Lipinski definition) is 3. The van der Waals surface area contributed by atoms with Gasteiger partial charge in [-0.3, -0.25) is 4.79 Å². The molecule has 0 radical (unpaired) electrons. The molecule has 0 spiro atoms. The summed E-state index contributed by atoms with van der Waals surface area (Å²) < 4.78 is 0. The first-order valence-corrected chi connectivity index (χ1v) is 7.19. The number of rotatable bonds is 8. The first kappa shape index (κ1) is 14.8. The topological polar surface area (TPSA) is 55.1 Å². The first-order chi connectivity index (χ1) is 8.77. The number of hydrogen-bond donors (Lipinski definition) is 2. The van der Waals surface area contributed by atoms with Gasteiger partial charge in [-0.15, -0.1) is 6.58 Å². The van der Waals surface area contributed by atoms with Crippen molar-refractivity contribution in [3.8, 4) is 0 Å². The van der Waals surface area contributed by atoms with Crippen LogP contribution in [-0.2, 0) is 6.42 Å². The Hall–Kier alpha value is -1.26. The molecule has 3 nitrogen and oxygen atoms in total. The minimum absolute atomic E-state index is 0.0199. The highest BCUT2D eigenvalue weighted by molar-refractivity contribution is 7.99. The van der Waals surface area contributed by atoms with E-state index in [0.717, 1.165) is 23.5 Å². The molecular formula is C14H20N2OS. The molecule has 0 fully saturated rings. The maximum atomic E-state index is 11.8. The van der Waals surface area contributed by atoms with Gasteiger partial charge < -0.3 is 11.1 Å². The largest absolute Gasteiger partial charge is 0.351 e. The van der Waals surface area contributed by atoms with E-state index >= 15 is 0 Å². The van der Waals surface area contributed by atoms with Crippen LogP contribution in [0, 0.1) is 0 Å². The molecule has 0 heterocycles. The molecule has 0 aromatic heterocycles. The number of thioether (sulfide) groups is 1. The van der Waals surface area contributed by atoms with Gasteiger partial charge in [-0.2, -0.15) is 11.8 Å². The Morgan fingerprint density at radius 1 is 1.39 bits per heavy atom. The van der Waals surface area contributed by atoms with E-state index in [2.05, 4.69) is 11.9 Å². The monoisotopic (exact) mass is 264 g/mol. The smallest absolute Gasteiger partial charge is 0.251 e. The fourth-order valence-corrected chi connectivity index (χ4v) is 2.07. The molecule has 1 rings (SSSR count). The normalized spacial score (nSPS) is 10.1. The molecule has 0 aliphatic heterocycles. The average Bonchev–Trinajstić information content (AvgIpc) is 2.39. The van der Waals surface area contributed by atoms with E-state index in [-0.39, 0.29) is 5.91 Å². The van der Waals surface area contributed by atoms with Gasteiger partial charge in [0, 0.05) is 23.6 Å². The quantitative estimate of drug-likeness (QED) is 0.556. The number of nitrogens with two attached hydrogens (primary N) is 1. The van der Waals surface area contributed by atoms with Crippen LogP contribution >= 0.6 is 11.8 Å². The van der Waals surface area contributed by atoms with Gasteiger partial charge in [-0.1, -0.05) is 18.2 Å². The third kappa shape index (κ3) is 5.38. The minimum atomic E-state index is -0.0199. The first-order valence-electron chi connectivity index (χ1n) is 6.03. The van der Waals surface area contributed by atoms with Gasteiger partial charge in [0.05, 0.1) is 0 Å². The van der Waals surface area contributed by atoms with Crippen molar-refractivity contribution in [3.05, 3.63) is 48.0 Å². The summed E-state index contributed by atoms with van der Waals surface area (Å²) in [6.07, 6.45) is 2.71. The number of benzene rings is 1. The van der Waals surface area contributed by atoms with Crippen molar-refractivity contribution in [2.75, 3.05) is 24.6 Å². The molecular weight excluding hydrogens is 244 g/mol. The molecule has 0 bridgehead atoms. The van der Waals surface area contributed by atoms with Gasteiger partial charge in [0.25, 0.3) is 5.91 Å². The van der Waals surface area contributed by atoms with Crippen molar-refractivity contribution >= 4 is 17.7 Å². The van der Waals surface area contributed by atoms with E-state index < -0.39 is 0 Å². The molecule has 4 heteroatoms. The molecule has 0 atom stereocenters. The SMILES string of the molecule is C=CCSCCNC(=O)c1ccc(CCN)cc1. The number of carbonyl (C=O) groups excluding carboxylic acids is 1. The van der Waals surface area contributed by atoms with Gasteiger partial charge in [-0.05, 0) is 30.7 Å². The standard InChI is InChI=1S/C14H20N2OS/c1-2-10-18-11-9-16-14(17)13-5-3-12(4-6-13)7-8-15/h2-6H,1,7-11,15H2,(H,16,17). The lowest BCUT2D eigenvalue weighted by atomic mass is 10.1. The number of carbonyl (C=O) groups is 1. The predicted octanol–water partition coefficient (Wildman–Crippen LogP) is 1.84. The summed E-state index contributed by atoms with van der Waals surface area (Å²) in [6, 6.07) is 7.59. The summed E-state index contributed by atoms with van der Waals surface area (Å²) in [4.78, 5) is 11.8. The summed E-state index contributed by atoms with van der Waals surface area (Å²) in [7, 11) is 0. The molecule has 0 unspecified atom stereocenters. The molecule has 0 aliphatic rings. The van der Waals surface area contributed by atoms with Crippen molar-refractivity contribution in [1.29, 1.82) is 0 Å². The summed E-state index contributed by atoms with van der Waals surface area (Å²) in [5, 5.41) is 2.89. The molecule has 1 amide bonds. The lowest BCUT2D eigenvalue weighted by Crippen LogP contribution is -2.25. The lowest BCUT2D eigenvalue weighted by molar-refractivity contribution is 0.0956. The Labute approximate surface area is 113 Å². The van der Waals surface area contributed by atoms with Gasteiger partial charge >= 0.3 is 0 Å². The van der Waals surface area contributed by atoms with Crippen molar-refractivity contribution in [2.45, 2.75) is 6.42 Å². The van der Waals surface area contributed by atoms with E-state index in [9.17, 15) is 4.79 Å². The molecule has 98 valence electrons. The zero-order chi connectivity index (χ0) is 13.2. The Kier molecular flexibility index (Phi) is 7.22. The average molecular weight is 264 g/mol. The van der Waals surface area contributed by atoms with Crippen LogP contribution in [0.25, 0.3) is 0 Å². The molecule has 0 saturated carbocycles. The second-order valence-electron chi connectivity index (χ2n) is 3.86. The van der Waals surface area contributed by atoms with Gasteiger partial charge in [-0.25, -0.2) is 0 Å². The summed E-state index contributed by atoms with van der Waals surface area (Å²) in [5.74, 6) is 1.81. The third-order valence-electron chi connectivity index (χ3n) is 2.42. The summed E-state index contributed by atoms with van der Waals surface area (Å²) >= 11 is 1.75. The van der Waals surface area contributed by atoms with Crippen LogP contribution in [0.2, 0.25) is 0 Å². The van der Waals surface area contributed by atoms with E-state index in [0.29, 0.717) is 18.7 Å². The van der Waals surface area contributed by atoms with Crippen molar-refractivity contribution in [1.82, 2.24) is 5.32 Å². The van der Waals surface area contributed by atoms with E-state index in [1.54, 1.807) is 11.8 Å². The van der Waals surface area contributed by atoms with E-state index in [1.807, 2.05) is 30.3 Å². The van der Waals surface area contributed by atoms with Crippen molar-refractivity contribution < 1.29 is 4.79 Å². The highest BCUT2D eigenvalue weighted by Crippen LogP contribution is 2.05. The Morgan fingerprint density at radius 2 is 2.11 bits per heavy atom. The molecule has 3 N–H and O–H groups in total. The second kappa shape index (κ2) is 8.78. The molecule has 18 heavy (non-hydrogen) atoms. The summed E-state index contributed by atoms with van der Waals surface area (Å²) in [5.41, 5.74) is 7.34. The zero-order valence-corrected chi connectivity index (χ0v) is 11.3. The maximum Gasteiger partial charge on any atom is 0.251 e. The molecule has 1 aromatic carbocycles. The molecule has 0 saturated heterocycles. The number of nitrogens with one attached hydrogen (secondary N) is 1. The van der Waals surface area contributed by atoms with Crippen molar-refractivity contribution in [2.24, 2.45) is 5.73 Å². The highest BCUT2D eigenvalue weighted by atomic mass is 32.2. The van der Waals surface area contributed by atoms with Crippen LogP contribution in [0.4, 0.5) is 0 Å². The van der Waals surface area contributed by atoms with Crippen LogP contribution in [0.3, 0.4) is 0 Å². The fourth-order valence-electron chi connectivity index (χ4n) is 1.49.